The van der Waals surface area contributed by atoms with Crippen LogP contribution in [0.2, 0.25) is 0 Å². The summed E-state index contributed by atoms with van der Waals surface area (Å²) in [5.74, 6) is -0.175. The number of nitrogens with one attached hydrogen (secondary N) is 3. The zero-order chi connectivity index (χ0) is 16.3. The lowest BCUT2D eigenvalue weighted by Gasteiger charge is -2.14. The van der Waals surface area contributed by atoms with Crippen molar-refractivity contribution in [1.29, 1.82) is 0 Å². The second-order valence-electron chi connectivity index (χ2n) is 5.19. The average Bonchev–Trinajstić information content (AvgIpc) is 2.77. The molecule has 0 bridgehead atoms. The molecule has 2 aromatic rings. The molecule has 0 aliphatic carbocycles. The number of amides is 1. The van der Waals surface area contributed by atoms with E-state index in [1.807, 2.05) is 20.8 Å². The Morgan fingerprint density at radius 2 is 2.14 bits per heavy atom. The zero-order valence-electron chi connectivity index (χ0n) is 12.8. The number of hydrogen-bond donors (Lipinski definition) is 3. The molecule has 1 amide bonds. The number of H-pyrrole nitrogens is 2. The van der Waals surface area contributed by atoms with Crippen molar-refractivity contribution >= 4 is 5.91 Å². The Hall–Kier alpha value is -2.64. The van der Waals surface area contributed by atoms with E-state index in [-0.39, 0.29) is 24.9 Å². The Bertz CT molecular complexity index is 767. The molecule has 0 saturated carbocycles. The Morgan fingerprint density at radius 1 is 1.41 bits per heavy atom. The van der Waals surface area contributed by atoms with Gasteiger partial charge in [-0.15, -0.1) is 0 Å². The molecule has 8 heteroatoms. The number of nitrogens with zero attached hydrogens (tertiary/aromatic N) is 2. The standard InChI is InChI=1S/C14H19N5O3/c1-8(13-9(2)17-18-10(13)3)15-11(20)4-6-19-7-5-12(21)16-14(19)22/h5,7-8H,4,6H2,1-3H3,(H,15,20)(H,17,18)(H,16,21,22)/t8-/m1/s1. The Kier molecular flexibility index (Phi) is 4.59. The topological polar surface area (TPSA) is 113 Å². The predicted molar refractivity (Wildman–Crippen MR) is 80.6 cm³/mol. The summed E-state index contributed by atoms with van der Waals surface area (Å²) in [5, 5.41) is 9.86. The van der Waals surface area contributed by atoms with Gasteiger partial charge in [-0.2, -0.15) is 5.10 Å². The number of carbonyl (C=O) groups excluding carboxylic acids is 1. The van der Waals surface area contributed by atoms with Crippen LogP contribution in [0, 0.1) is 13.8 Å². The van der Waals surface area contributed by atoms with E-state index in [1.165, 1.54) is 16.8 Å². The highest BCUT2D eigenvalue weighted by molar-refractivity contribution is 5.76. The Morgan fingerprint density at radius 3 is 2.73 bits per heavy atom. The first kappa shape index (κ1) is 15.7. The van der Waals surface area contributed by atoms with Gasteiger partial charge in [0.1, 0.15) is 0 Å². The van der Waals surface area contributed by atoms with Crippen molar-refractivity contribution in [3.05, 3.63) is 50.1 Å². The van der Waals surface area contributed by atoms with Crippen LogP contribution in [0.15, 0.2) is 21.9 Å². The van der Waals surface area contributed by atoms with E-state index in [9.17, 15) is 14.4 Å². The fourth-order valence-corrected chi connectivity index (χ4v) is 2.43. The summed E-state index contributed by atoms with van der Waals surface area (Å²) in [7, 11) is 0. The fourth-order valence-electron chi connectivity index (χ4n) is 2.43. The van der Waals surface area contributed by atoms with Gasteiger partial charge in [-0.3, -0.25) is 19.7 Å². The molecule has 1 atom stereocenters. The number of aromatic nitrogens is 4. The first-order valence-corrected chi connectivity index (χ1v) is 6.99. The van der Waals surface area contributed by atoms with Crippen LogP contribution in [0.5, 0.6) is 0 Å². The molecule has 22 heavy (non-hydrogen) atoms. The summed E-state index contributed by atoms with van der Waals surface area (Å²) in [6.45, 7) is 5.87. The van der Waals surface area contributed by atoms with Gasteiger partial charge in [0, 0.05) is 36.5 Å². The minimum atomic E-state index is -0.519. The van der Waals surface area contributed by atoms with Gasteiger partial charge in [0.15, 0.2) is 0 Å². The van der Waals surface area contributed by atoms with E-state index in [0.717, 1.165) is 17.0 Å². The van der Waals surface area contributed by atoms with Gasteiger partial charge in [0.2, 0.25) is 5.91 Å². The molecule has 3 N–H and O–H groups in total. The Balaban J connectivity index is 1.96. The molecule has 0 aliphatic rings. The molecule has 0 radical (unpaired) electrons. The van der Waals surface area contributed by atoms with Gasteiger partial charge in [0.05, 0.1) is 11.7 Å². The molecule has 8 nitrogen and oxygen atoms in total. The van der Waals surface area contributed by atoms with E-state index >= 15 is 0 Å². The van der Waals surface area contributed by atoms with Crippen LogP contribution in [0.1, 0.15) is 36.3 Å². The highest BCUT2D eigenvalue weighted by atomic mass is 16.2. The van der Waals surface area contributed by atoms with Crippen LogP contribution in [0.3, 0.4) is 0 Å². The summed E-state index contributed by atoms with van der Waals surface area (Å²) in [6.07, 6.45) is 1.52. The Labute approximate surface area is 126 Å². The lowest BCUT2D eigenvalue weighted by Crippen LogP contribution is -2.32. The van der Waals surface area contributed by atoms with Crippen LogP contribution in [-0.4, -0.2) is 25.7 Å². The number of aryl methyl sites for hydroxylation is 3. The highest BCUT2D eigenvalue weighted by Gasteiger charge is 2.16. The first-order chi connectivity index (χ1) is 10.4. The molecule has 0 unspecified atom stereocenters. The van der Waals surface area contributed by atoms with Crippen molar-refractivity contribution in [2.24, 2.45) is 0 Å². The molecule has 0 spiro atoms. The quantitative estimate of drug-likeness (QED) is 0.729. The largest absolute Gasteiger partial charge is 0.349 e. The molecular formula is C14H19N5O3. The normalized spacial score (nSPS) is 12.1. The minimum absolute atomic E-state index is 0.145. The lowest BCUT2D eigenvalue weighted by molar-refractivity contribution is -0.121. The molecule has 2 heterocycles. The maximum absolute atomic E-state index is 12.0. The third-order valence-corrected chi connectivity index (χ3v) is 3.47. The highest BCUT2D eigenvalue weighted by Crippen LogP contribution is 2.18. The number of carbonyl (C=O) groups is 1. The molecule has 0 aliphatic heterocycles. The van der Waals surface area contributed by atoms with Gasteiger partial charge in [-0.05, 0) is 20.8 Å². The second-order valence-corrected chi connectivity index (χ2v) is 5.19. The zero-order valence-corrected chi connectivity index (χ0v) is 12.8. The van der Waals surface area contributed by atoms with Crippen molar-refractivity contribution in [3.8, 4) is 0 Å². The number of hydrogen-bond acceptors (Lipinski definition) is 4. The number of rotatable bonds is 5. The van der Waals surface area contributed by atoms with Crippen LogP contribution >= 0.6 is 0 Å². The predicted octanol–water partition coefficient (Wildman–Crippen LogP) is 0.144. The third-order valence-electron chi connectivity index (χ3n) is 3.47. The van der Waals surface area contributed by atoms with Crippen LogP contribution in [-0.2, 0) is 11.3 Å². The van der Waals surface area contributed by atoms with Crippen LogP contribution < -0.4 is 16.6 Å². The van der Waals surface area contributed by atoms with Crippen molar-refractivity contribution in [2.75, 3.05) is 0 Å². The molecular weight excluding hydrogens is 286 g/mol. The van der Waals surface area contributed by atoms with Crippen molar-refractivity contribution in [2.45, 2.75) is 39.8 Å². The maximum atomic E-state index is 12.0. The number of aromatic amines is 2. The van der Waals surface area contributed by atoms with E-state index in [0.29, 0.717) is 0 Å². The smallest absolute Gasteiger partial charge is 0.328 e. The summed E-state index contributed by atoms with van der Waals surface area (Å²) >= 11 is 0. The maximum Gasteiger partial charge on any atom is 0.328 e. The summed E-state index contributed by atoms with van der Waals surface area (Å²) < 4.78 is 1.29. The molecule has 118 valence electrons. The molecule has 2 rings (SSSR count). The summed E-state index contributed by atoms with van der Waals surface area (Å²) in [5.41, 5.74) is 1.76. The van der Waals surface area contributed by atoms with Gasteiger partial charge < -0.3 is 9.88 Å². The third kappa shape index (κ3) is 3.51. The van der Waals surface area contributed by atoms with Crippen LogP contribution in [0.25, 0.3) is 0 Å². The van der Waals surface area contributed by atoms with Gasteiger partial charge >= 0.3 is 5.69 Å². The summed E-state index contributed by atoms with van der Waals surface area (Å²) in [4.78, 5) is 36.6. The minimum Gasteiger partial charge on any atom is -0.349 e. The van der Waals surface area contributed by atoms with Crippen molar-refractivity contribution in [1.82, 2.24) is 25.1 Å². The fraction of sp³-hybridized carbons (Fsp3) is 0.429. The first-order valence-electron chi connectivity index (χ1n) is 6.99. The van der Waals surface area contributed by atoms with E-state index in [1.54, 1.807) is 0 Å². The van der Waals surface area contributed by atoms with Crippen LogP contribution in [0.4, 0.5) is 0 Å². The van der Waals surface area contributed by atoms with Crippen molar-refractivity contribution in [3.63, 3.8) is 0 Å². The monoisotopic (exact) mass is 305 g/mol. The SMILES string of the molecule is Cc1n[nH]c(C)c1[C@@H](C)NC(=O)CCn1ccc(=O)[nH]c1=O. The van der Waals surface area contributed by atoms with Gasteiger partial charge in [0.25, 0.3) is 5.56 Å². The molecule has 0 aromatic carbocycles. The van der Waals surface area contributed by atoms with Gasteiger partial charge in [-0.25, -0.2) is 4.79 Å². The molecule has 0 saturated heterocycles. The second kappa shape index (κ2) is 6.42. The summed E-state index contributed by atoms with van der Waals surface area (Å²) in [6, 6.07) is 1.08. The van der Waals surface area contributed by atoms with E-state index in [4.69, 9.17) is 0 Å². The molecule has 2 aromatic heterocycles. The molecule has 0 fully saturated rings. The average molecular weight is 305 g/mol. The van der Waals surface area contributed by atoms with Gasteiger partial charge in [-0.1, -0.05) is 0 Å². The van der Waals surface area contributed by atoms with Crippen molar-refractivity contribution < 1.29 is 4.79 Å². The lowest BCUT2D eigenvalue weighted by atomic mass is 10.1. The van der Waals surface area contributed by atoms with E-state index in [2.05, 4.69) is 20.5 Å². The van der Waals surface area contributed by atoms with E-state index < -0.39 is 11.2 Å².